The van der Waals surface area contributed by atoms with Crippen LogP contribution in [-0.4, -0.2) is 4.98 Å². The molecular weight excluding hydrogens is 351 g/mol. The second kappa shape index (κ2) is 6.27. The van der Waals surface area contributed by atoms with Gasteiger partial charge in [0.1, 0.15) is 7.05 Å². The molecule has 0 unspecified atom stereocenters. The fraction of sp³-hybridized carbons (Fsp3) is 0.0833. The summed E-state index contributed by atoms with van der Waals surface area (Å²) in [4.78, 5) is 3.92. The number of benzene rings is 2. The highest BCUT2D eigenvalue weighted by Gasteiger charge is 2.21. The molecule has 0 bridgehead atoms. The van der Waals surface area contributed by atoms with Gasteiger partial charge in [0.15, 0.2) is 11.8 Å². The van der Waals surface area contributed by atoms with E-state index >= 15 is 0 Å². The summed E-state index contributed by atoms with van der Waals surface area (Å²) in [5, 5.41) is 1.76. The van der Waals surface area contributed by atoms with Gasteiger partial charge in [-0.3, -0.25) is 0 Å². The molecule has 0 N–H and O–H groups in total. The maximum absolute atomic E-state index is 13.6. The highest BCUT2D eigenvalue weighted by Crippen LogP contribution is 2.37. The van der Waals surface area contributed by atoms with Gasteiger partial charge in [-0.15, -0.1) is 0 Å². The topological polar surface area (TPSA) is 29.9 Å². The number of nitrogens with zero attached hydrogens (tertiary/aromatic N) is 2. The van der Waals surface area contributed by atoms with Gasteiger partial charge in [0.2, 0.25) is 17.4 Å². The molecule has 3 heterocycles. The number of rotatable bonds is 2. The van der Waals surface area contributed by atoms with E-state index in [4.69, 9.17) is 4.42 Å². The van der Waals surface area contributed by atoms with Crippen LogP contribution in [-0.2, 0) is 7.05 Å². The van der Waals surface area contributed by atoms with Gasteiger partial charge in [-0.1, -0.05) is 42.5 Å². The molecule has 4 heteroatoms. The van der Waals surface area contributed by atoms with E-state index in [-0.39, 0.29) is 0 Å². The quantitative estimate of drug-likeness (QED) is 0.300. The van der Waals surface area contributed by atoms with Gasteiger partial charge in [0.05, 0.1) is 5.56 Å². The van der Waals surface area contributed by atoms with Crippen LogP contribution < -0.4 is 4.57 Å². The first-order valence-electron chi connectivity index (χ1n) is 9.15. The van der Waals surface area contributed by atoms with Crippen molar-refractivity contribution in [2.24, 2.45) is 7.05 Å². The Balaban J connectivity index is 1.82. The fourth-order valence-electron chi connectivity index (χ4n) is 3.74. The van der Waals surface area contributed by atoms with Crippen LogP contribution in [0.25, 0.3) is 44.5 Å². The number of pyridine rings is 2. The van der Waals surface area contributed by atoms with Gasteiger partial charge in [0, 0.05) is 22.9 Å². The van der Waals surface area contributed by atoms with E-state index < -0.39 is 5.95 Å². The van der Waals surface area contributed by atoms with E-state index in [0.29, 0.717) is 5.71 Å². The molecular formula is C24H18FN2O+. The van der Waals surface area contributed by atoms with Crippen LogP contribution in [0.2, 0.25) is 0 Å². The average Bonchev–Trinajstić information content (AvgIpc) is 3.06. The number of hydrogen-bond acceptors (Lipinski definition) is 2. The molecule has 5 aromatic rings. The minimum atomic E-state index is -0.540. The number of hydrogen-bond donors (Lipinski definition) is 0. The van der Waals surface area contributed by atoms with E-state index in [1.54, 1.807) is 6.07 Å². The van der Waals surface area contributed by atoms with Crippen LogP contribution in [0.3, 0.4) is 0 Å². The van der Waals surface area contributed by atoms with Gasteiger partial charge in [0.25, 0.3) is 0 Å². The van der Waals surface area contributed by atoms with Gasteiger partial charge in [-0.05, 0) is 35.7 Å². The molecule has 3 aromatic heterocycles. The molecule has 0 amide bonds. The predicted octanol–water partition coefficient (Wildman–Crippen LogP) is 5.59. The lowest BCUT2D eigenvalue weighted by Gasteiger charge is -2.08. The van der Waals surface area contributed by atoms with Crippen molar-refractivity contribution >= 4 is 22.1 Å². The molecule has 0 aliphatic rings. The van der Waals surface area contributed by atoms with Crippen LogP contribution in [0, 0.1) is 12.9 Å². The summed E-state index contributed by atoms with van der Waals surface area (Å²) in [6.07, 6.45) is 2.05. The Morgan fingerprint density at radius 2 is 1.68 bits per heavy atom. The van der Waals surface area contributed by atoms with Gasteiger partial charge in [-0.2, -0.15) is 9.37 Å². The van der Waals surface area contributed by atoms with Crippen molar-refractivity contribution in [3.63, 3.8) is 0 Å². The fourth-order valence-corrected chi connectivity index (χ4v) is 3.74. The Morgan fingerprint density at radius 1 is 0.893 bits per heavy atom. The zero-order chi connectivity index (χ0) is 19.3. The Labute approximate surface area is 161 Å². The summed E-state index contributed by atoms with van der Waals surface area (Å²) in [6, 6.07) is 21.7. The number of aryl methyl sites for hydroxylation is 2. The van der Waals surface area contributed by atoms with E-state index in [9.17, 15) is 4.39 Å². The van der Waals surface area contributed by atoms with Crippen molar-refractivity contribution in [2.45, 2.75) is 6.92 Å². The lowest BCUT2D eigenvalue weighted by molar-refractivity contribution is -0.660. The maximum atomic E-state index is 13.6. The molecule has 0 spiro atoms. The summed E-state index contributed by atoms with van der Waals surface area (Å²) in [5.74, 6) is -0.540. The SMILES string of the molecule is Cc1ccc2c(oc3nc(F)ccc32)c1-c1cc(-c2ccccc2)cc[n+]1C. The summed E-state index contributed by atoms with van der Waals surface area (Å²) < 4.78 is 21.7. The Morgan fingerprint density at radius 3 is 2.50 bits per heavy atom. The molecule has 0 saturated heterocycles. The highest BCUT2D eigenvalue weighted by molar-refractivity contribution is 6.08. The monoisotopic (exact) mass is 369 g/mol. The molecule has 0 aliphatic heterocycles. The van der Waals surface area contributed by atoms with Crippen LogP contribution in [0.15, 0.2) is 77.3 Å². The molecule has 0 atom stereocenters. The van der Waals surface area contributed by atoms with Crippen molar-refractivity contribution in [3.05, 3.63) is 84.4 Å². The third-order valence-corrected chi connectivity index (χ3v) is 5.19. The lowest BCUT2D eigenvalue weighted by atomic mass is 9.98. The minimum absolute atomic E-state index is 0.323. The largest absolute Gasteiger partial charge is 0.437 e. The maximum Gasteiger partial charge on any atom is 0.229 e. The zero-order valence-corrected chi connectivity index (χ0v) is 15.6. The third-order valence-electron chi connectivity index (χ3n) is 5.19. The number of halogens is 1. The molecule has 136 valence electrons. The van der Waals surface area contributed by atoms with E-state index in [1.807, 2.05) is 31.3 Å². The summed E-state index contributed by atoms with van der Waals surface area (Å²) in [6.45, 7) is 2.06. The highest BCUT2D eigenvalue weighted by atomic mass is 19.1. The van der Waals surface area contributed by atoms with Crippen molar-refractivity contribution < 1.29 is 13.4 Å². The molecule has 0 saturated carbocycles. The smallest absolute Gasteiger partial charge is 0.229 e. The second-order valence-corrected chi connectivity index (χ2v) is 7.00. The third kappa shape index (κ3) is 2.57. The summed E-state index contributed by atoms with van der Waals surface area (Å²) >= 11 is 0. The molecule has 0 radical (unpaired) electrons. The van der Waals surface area contributed by atoms with Crippen molar-refractivity contribution in [3.8, 4) is 22.4 Å². The van der Waals surface area contributed by atoms with Crippen LogP contribution in [0.4, 0.5) is 4.39 Å². The van der Waals surface area contributed by atoms with E-state index in [1.165, 1.54) is 6.07 Å². The van der Waals surface area contributed by atoms with Crippen LogP contribution in [0.1, 0.15) is 5.56 Å². The van der Waals surface area contributed by atoms with Gasteiger partial charge < -0.3 is 4.42 Å². The normalized spacial score (nSPS) is 11.4. The van der Waals surface area contributed by atoms with Gasteiger partial charge in [-0.25, -0.2) is 4.57 Å². The van der Waals surface area contributed by atoms with Crippen LogP contribution in [0.5, 0.6) is 0 Å². The molecule has 28 heavy (non-hydrogen) atoms. The van der Waals surface area contributed by atoms with E-state index in [0.717, 1.165) is 44.3 Å². The predicted molar refractivity (Wildman–Crippen MR) is 108 cm³/mol. The molecule has 0 aliphatic carbocycles. The molecule has 3 nitrogen and oxygen atoms in total. The minimum Gasteiger partial charge on any atom is -0.437 e. The standard InChI is InChI=1S/C24H18FN2O/c1-15-8-9-18-19-10-11-21(25)26-24(19)28-23(18)22(15)20-14-17(12-13-27(20)2)16-6-4-3-5-7-16/h3-14H,1-2H3/q+1. The Bertz CT molecular complexity index is 1340. The first-order chi connectivity index (χ1) is 13.6. The van der Waals surface area contributed by atoms with Crippen molar-refractivity contribution in [2.75, 3.05) is 0 Å². The second-order valence-electron chi connectivity index (χ2n) is 7.00. The molecule has 5 rings (SSSR count). The molecule has 0 fully saturated rings. The first kappa shape index (κ1) is 16.6. The zero-order valence-electron chi connectivity index (χ0n) is 15.6. The first-order valence-corrected chi connectivity index (χ1v) is 9.15. The lowest BCUT2D eigenvalue weighted by Crippen LogP contribution is -2.30. The Hall–Kier alpha value is -3.53. The number of furan rings is 1. The van der Waals surface area contributed by atoms with Crippen LogP contribution >= 0.6 is 0 Å². The average molecular weight is 369 g/mol. The van der Waals surface area contributed by atoms with Crippen molar-refractivity contribution in [1.29, 1.82) is 0 Å². The van der Waals surface area contributed by atoms with E-state index in [2.05, 4.69) is 53.0 Å². The van der Waals surface area contributed by atoms with Gasteiger partial charge >= 0.3 is 0 Å². The van der Waals surface area contributed by atoms with Crippen molar-refractivity contribution in [1.82, 2.24) is 4.98 Å². The Kier molecular flexibility index (Phi) is 3.72. The number of aromatic nitrogens is 2. The summed E-state index contributed by atoms with van der Waals surface area (Å²) in [5.41, 5.74) is 6.46. The molecule has 2 aromatic carbocycles. The number of fused-ring (bicyclic) bond motifs is 3. The summed E-state index contributed by atoms with van der Waals surface area (Å²) in [7, 11) is 2.02.